The monoisotopic (exact) mass is 472 g/mol. The lowest BCUT2D eigenvalue weighted by molar-refractivity contribution is 0.102. The topological polar surface area (TPSA) is 110 Å². The zero-order chi connectivity index (χ0) is 21.0. The van der Waals surface area contributed by atoms with Gasteiger partial charge in [-0.3, -0.25) is 14.8 Å². The van der Waals surface area contributed by atoms with Gasteiger partial charge in [0.15, 0.2) is 0 Å². The molecule has 0 saturated heterocycles. The molecule has 0 aliphatic rings. The lowest BCUT2D eigenvalue weighted by Crippen LogP contribution is -2.13. The van der Waals surface area contributed by atoms with Gasteiger partial charge in [0.2, 0.25) is 5.13 Å². The van der Waals surface area contributed by atoms with E-state index in [1.165, 1.54) is 18.2 Å². The smallest absolute Gasteiger partial charge is 0.291 e. The number of aromatic nitrogens is 2. The van der Waals surface area contributed by atoms with E-state index in [4.69, 9.17) is 27.9 Å². The predicted molar refractivity (Wildman–Crippen MR) is 113 cm³/mol. The van der Waals surface area contributed by atoms with Crippen molar-refractivity contribution in [3.63, 3.8) is 0 Å². The SMILES string of the molecule is CCOc1ccccc1NS(=O)(=O)c1nnc(NC(=O)c2ccc(Cl)cc2Cl)s1. The molecule has 0 fully saturated rings. The molecule has 0 bridgehead atoms. The first-order valence-corrected chi connectivity index (χ1v) is 11.2. The van der Waals surface area contributed by atoms with Crippen LogP contribution in [0.2, 0.25) is 10.0 Å². The Morgan fingerprint density at radius 2 is 1.93 bits per heavy atom. The first-order valence-electron chi connectivity index (χ1n) is 8.14. The van der Waals surface area contributed by atoms with Gasteiger partial charge in [-0.25, -0.2) is 0 Å². The number of sulfonamides is 1. The van der Waals surface area contributed by atoms with E-state index < -0.39 is 15.9 Å². The van der Waals surface area contributed by atoms with Crippen molar-refractivity contribution in [1.29, 1.82) is 0 Å². The minimum Gasteiger partial charge on any atom is -0.492 e. The van der Waals surface area contributed by atoms with Gasteiger partial charge in [-0.05, 0) is 37.3 Å². The van der Waals surface area contributed by atoms with Gasteiger partial charge in [0.25, 0.3) is 20.3 Å². The van der Waals surface area contributed by atoms with Crippen molar-refractivity contribution in [2.45, 2.75) is 11.3 Å². The van der Waals surface area contributed by atoms with Crippen LogP contribution in [0.4, 0.5) is 10.8 Å². The summed E-state index contributed by atoms with van der Waals surface area (Å²) in [4.78, 5) is 12.3. The van der Waals surface area contributed by atoms with Crippen molar-refractivity contribution < 1.29 is 17.9 Å². The lowest BCUT2D eigenvalue weighted by atomic mass is 10.2. The molecule has 1 aromatic heterocycles. The molecule has 2 aromatic carbocycles. The second-order valence-corrected chi connectivity index (χ2v) is 9.16. The standard InChI is InChI=1S/C17H14Cl2N4O4S2/c1-2-27-14-6-4-3-5-13(14)23-29(25,26)17-22-21-16(28-17)20-15(24)11-8-7-10(18)9-12(11)19/h3-9,23H,2H2,1H3,(H,20,21,24). The number of para-hydroxylation sites is 2. The van der Waals surface area contributed by atoms with Gasteiger partial charge in [-0.2, -0.15) is 8.42 Å². The summed E-state index contributed by atoms with van der Waals surface area (Å²) in [5, 5.41) is 10.4. The minimum absolute atomic E-state index is 0.000477. The fourth-order valence-corrected chi connectivity index (χ4v) is 4.69. The van der Waals surface area contributed by atoms with Gasteiger partial charge in [0, 0.05) is 5.02 Å². The second-order valence-electron chi connectivity index (χ2n) is 5.49. The average Bonchev–Trinajstić information content (AvgIpc) is 3.12. The van der Waals surface area contributed by atoms with Crippen LogP contribution in [0.3, 0.4) is 0 Å². The van der Waals surface area contributed by atoms with Crippen molar-refractivity contribution >= 4 is 61.3 Å². The third kappa shape index (κ3) is 5.15. The predicted octanol–water partition coefficient (Wildman–Crippen LogP) is 4.30. The Labute approximate surface area is 180 Å². The first kappa shape index (κ1) is 21.3. The van der Waals surface area contributed by atoms with E-state index in [0.29, 0.717) is 28.7 Å². The molecule has 8 nitrogen and oxygen atoms in total. The molecule has 12 heteroatoms. The number of nitrogens with zero attached hydrogens (tertiary/aromatic N) is 2. The highest BCUT2D eigenvalue weighted by Gasteiger charge is 2.23. The van der Waals surface area contributed by atoms with Crippen LogP contribution in [0.1, 0.15) is 17.3 Å². The molecule has 0 aliphatic carbocycles. The molecule has 0 atom stereocenters. The van der Waals surface area contributed by atoms with Crippen molar-refractivity contribution in [2.24, 2.45) is 0 Å². The number of amides is 1. The van der Waals surface area contributed by atoms with Crippen LogP contribution >= 0.6 is 34.5 Å². The van der Waals surface area contributed by atoms with Crippen molar-refractivity contribution in [1.82, 2.24) is 10.2 Å². The molecule has 0 radical (unpaired) electrons. The highest BCUT2D eigenvalue weighted by molar-refractivity contribution is 7.94. The summed E-state index contributed by atoms with van der Waals surface area (Å²) in [7, 11) is -4.03. The number of rotatable bonds is 7. The number of nitrogens with one attached hydrogen (secondary N) is 2. The third-order valence-corrected chi connectivity index (χ3v) is 6.58. The van der Waals surface area contributed by atoms with E-state index in [2.05, 4.69) is 20.2 Å². The van der Waals surface area contributed by atoms with Gasteiger partial charge < -0.3 is 4.74 Å². The fourth-order valence-electron chi connectivity index (χ4n) is 2.23. The van der Waals surface area contributed by atoms with E-state index >= 15 is 0 Å². The number of hydrogen-bond donors (Lipinski definition) is 2. The largest absolute Gasteiger partial charge is 0.492 e. The summed E-state index contributed by atoms with van der Waals surface area (Å²) >= 11 is 12.5. The maximum atomic E-state index is 12.6. The molecule has 29 heavy (non-hydrogen) atoms. The molecule has 1 heterocycles. The molecule has 3 aromatic rings. The third-order valence-electron chi connectivity index (χ3n) is 3.46. The summed E-state index contributed by atoms with van der Waals surface area (Å²) in [6.45, 7) is 2.17. The van der Waals surface area contributed by atoms with Crippen molar-refractivity contribution in [3.05, 3.63) is 58.1 Å². The quantitative estimate of drug-likeness (QED) is 0.496. The van der Waals surface area contributed by atoms with Crippen LogP contribution in [-0.2, 0) is 10.0 Å². The number of hydrogen-bond acceptors (Lipinski definition) is 7. The van der Waals surface area contributed by atoms with Crippen LogP contribution < -0.4 is 14.8 Å². The van der Waals surface area contributed by atoms with E-state index in [9.17, 15) is 13.2 Å². The van der Waals surface area contributed by atoms with Gasteiger partial charge in [-0.1, -0.05) is 46.7 Å². The Balaban J connectivity index is 1.77. The van der Waals surface area contributed by atoms with Crippen LogP contribution in [-0.4, -0.2) is 31.1 Å². The molecule has 0 spiro atoms. The fraction of sp³-hybridized carbons (Fsp3) is 0.118. The Morgan fingerprint density at radius 3 is 2.66 bits per heavy atom. The maximum Gasteiger partial charge on any atom is 0.291 e. The molecule has 0 saturated carbocycles. The number of carbonyl (C=O) groups excluding carboxylic acids is 1. The average molecular weight is 473 g/mol. The highest BCUT2D eigenvalue weighted by atomic mass is 35.5. The van der Waals surface area contributed by atoms with Gasteiger partial charge in [0.05, 0.1) is 22.9 Å². The number of benzene rings is 2. The molecular formula is C17H14Cl2N4O4S2. The van der Waals surface area contributed by atoms with Crippen LogP contribution in [0.15, 0.2) is 46.8 Å². The summed E-state index contributed by atoms with van der Waals surface area (Å²) in [6.07, 6.45) is 0. The Hall–Kier alpha value is -2.40. The molecular weight excluding hydrogens is 459 g/mol. The molecule has 3 rings (SSSR count). The summed E-state index contributed by atoms with van der Waals surface area (Å²) in [6, 6.07) is 11.0. The number of carbonyl (C=O) groups is 1. The van der Waals surface area contributed by atoms with Crippen LogP contribution in [0.5, 0.6) is 5.75 Å². The molecule has 0 aliphatic heterocycles. The molecule has 0 unspecified atom stereocenters. The number of ether oxygens (including phenoxy) is 1. The first-order chi connectivity index (χ1) is 13.8. The summed E-state index contributed by atoms with van der Waals surface area (Å²) < 4.78 is 32.7. The minimum atomic E-state index is -4.03. The van der Waals surface area contributed by atoms with E-state index in [1.54, 1.807) is 31.2 Å². The van der Waals surface area contributed by atoms with Crippen molar-refractivity contribution in [2.75, 3.05) is 16.6 Å². The highest BCUT2D eigenvalue weighted by Crippen LogP contribution is 2.29. The molecule has 1 amide bonds. The summed E-state index contributed by atoms with van der Waals surface area (Å²) in [5.41, 5.74) is 0.433. The maximum absolute atomic E-state index is 12.6. The Morgan fingerprint density at radius 1 is 1.17 bits per heavy atom. The van der Waals surface area contributed by atoms with E-state index in [0.717, 1.165) is 0 Å². The van der Waals surface area contributed by atoms with E-state index in [-0.39, 0.29) is 25.7 Å². The lowest BCUT2D eigenvalue weighted by Gasteiger charge is -2.10. The van der Waals surface area contributed by atoms with Crippen molar-refractivity contribution in [3.8, 4) is 5.75 Å². The summed E-state index contributed by atoms with van der Waals surface area (Å²) in [5.74, 6) is -0.185. The van der Waals surface area contributed by atoms with E-state index in [1.807, 2.05) is 0 Å². The Kier molecular flexibility index (Phi) is 6.58. The normalized spacial score (nSPS) is 11.1. The Bertz CT molecular complexity index is 1150. The molecule has 2 N–H and O–H groups in total. The second kappa shape index (κ2) is 8.95. The van der Waals surface area contributed by atoms with Gasteiger partial charge in [0.1, 0.15) is 5.75 Å². The number of halogens is 2. The zero-order valence-electron chi connectivity index (χ0n) is 14.8. The van der Waals surface area contributed by atoms with Gasteiger partial charge in [-0.15, -0.1) is 10.2 Å². The number of anilines is 2. The zero-order valence-corrected chi connectivity index (χ0v) is 18.0. The molecule has 152 valence electrons. The van der Waals surface area contributed by atoms with Gasteiger partial charge >= 0.3 is 0 Å². The van der Waals surface area contributed by atoms with Crippen LogP contribution in [0.25, 0.3) is 0 Å². The van der Waals surface area contributed by atoms with Crippen LogP contribution in [0, 0.1) is 0 Å².